The summed E-state index contributed by atoms with van der Waals surface area (Å²) in [6, 6.07) is 16.9. The molecule has 1 N–H and O–H groups in total. The van der Waals surface area contributed by atoms with E-state index in [4.69, 9.17) is 21.4 Å². The standard InChI is InChI=1S/C23H23N3O3S/c1-14(2)26-21(20(25-23(26)30)17-6-4-5-13-24-17)19-12-11-18(29-19)15-7-9-16(10-8-15)22(27)28-3/h4-14,20-21H,1-3H3,(H,25,30)/t20-,21+/m0/s1. The number of carbonyl (C=O) groups is 1. The van der Waals surface area contributed by atoms with Crippen molar-refractivity contribution in [2.75, 3.05) is 7.11 Å². The van der Waals surface area contributed by atoms with E-state index in [1.807, 2.05) is 42.5 Å². The van der Waals surface area contributed by atoms with E-state index in [-0.39, 0.29) is 24.1 Å². The van der Waals surface area contributed by atoms with Crippen LogP contribution in [0.15, 0.2) is 65.2 Å². The molecule has 1 saturated heterocycles. The topological polar surface area (TPSA) is 67.6 Å². The van der Waals surface area contributed by atoms with Gasteiger partial charge in [0.1, 0.15) is 17.6 Å². The predicted octanol–water partition coefficient (Wildman–Crippen LogP) is 4.51. The summed E-state index contributed by atoms with van der Waals surface area (Å²) in [5.74, 6) is 1.17. The van der Waals surface area contributed by atoms with Gasteiger partial charge in [-0.1, -0.05) is 18.2 Å². The number of nitrogens with zero attached hydrogens (tertiary/aromatic N) is 2. The first-order valence-corrected chi connectivity index (χ1v) is 10.2. The van der Waals surface area contributed by atoms with Gasteiger partial charge in [-0.25, -0.2) is 4.79 Å². The van der Waals surface area contributed by atoms with E-state index in [1.165, 1.54) is 7.11 Å². The van der Waals surface area contributed by atoms with Crippen LogP contribution in [0, 0.1) is 0 Å². The minimum absolute atomic E-state index is 0.109. The summed E-state index contributed by atoms with van der Waals surface area (Å²) in [5, 5.41) is 4.10. The molecule has 6 nitrogen and oxygen atoms in total. The van der Waals surface area contributed by atoms with Crippen molar-refractivity contribution in [2.24, 2.45) is 0 Å². The van der Waals surface area contributed by atoms with Gasteiger partial charge in [0, 0.05) is 17.8 Å². The van der Waals surface area contributed by atoms with Crippen molar-refractivity contribution in [1.29, 1.82) is 0 Å². The summed E-state index contributed by atoms with van der Waals surface area (Å²) >= 11 is 5.62. The third-order valence-electron chi connectivity index (χ3n) is 5.20. The summed E-state index contributed by atoms with van der Waals surface area (Å²) in [4.78, 5) is 18.3. The molecule has 154 valence electrons. The second-order valence-corrected chi connectivity index (χ2v) is 7.79. The van der Waals surface area contributed by atoms with Crippen molar-refractivity contribution in [2.45, 2.75) is 32.0 Å². The number of esters is 1. The second kappa shape index (κ2) is 8.28. The predicted molar refractivity (Wildman–Crippen MR) is 118 cm³/mol. The average Bonchev–Trinajstić information content (AvgIpc) is 3.38. The Labute approximate surface area is 180 Å². The van der Waals surface area contributed by atoms with Gasteiger partial charge in [-0.2, -0.15) is 0 Å². The lowest BCUT2D eigenvalue weighted by Gasteiger charge is -2.29. The van der Waals surface area contributed by atoms with Crippen LogP contribution < -0.4 is 5.32 Å². The van der Waals surface area contributed by atoms with Crippen molar-refractivity contribution < 1.29 is 13.9 Å². The number of ether oxygens (including phenoxy) is 1. The van der Waals surface area contributed by atoms with E-state index in [2.05, 4.69) is 29.0 Å². The number of thiocarbonyl (C=S) groups is 1. The van der Waals surface area contributed by atoms with Crippen molar-refractivity contribution in [1.82, 2.24) is 15.2 Å². The molecule has 0 aliphatic carbocycles. The summed E-state index contributed by atoms with van der Waals surface area (Å²) in [5.41, 5.74) is 2.29. The number of hydrogen-bond donors (Lipinski definition) is 1. The van der Waals surface area contributed by atoms with Gasteiger partial charge in [0.2, 0.25) is 0 Å². The molecule has 1 aliphatic rings. The highest BCUT2D eigenvalue weighted by molar-refractivity contribution is 7.80. The molecule has 0 spiro atoms. The van der Waals surface area contributed by atoms with Gasteiger partial charge in [0.15, 0.2) is 5.11 Å². The van der Waals surface area contributed by atoms with Crippen LogP contribution in [0.25, 0.3) is 11.3 Å². The molecule has 1 aromatic carbocycles. The van der Waals surface area contributed by atoms with Crippen molar-refractivity contribution in [3.05, 3.63) is 77.8 Å². The van der Waals surface area contributed by atoms with Gasteiger partial charge in [-0.15, -0.1) is 0 Å². The molecular weight excluding hydrogens is 398 g/mol. The fourth-order valence-corrected chi connectivity index (χ4v) is 4.23. The highest BCUT2D eigenvalue weighted by Gasteiger charge is 2.42. The van der Waals surface area contributed by atoms with Gasteiger partial charge in [0.05, 0.1) is 24.4 Å². The van der Waals surface area contributed by atoms with Gasteiger partial charge in [0.25, 0.3) is 0 Å². The van der Waals surface area contributed by atoms with Crippen LogP contribution in [0.3, 0.4) is 0 Å². The summed E-state index contributed by atoms with van der Waals surface area (Å²) in [6.07, 6.45) is 1.78. The monoisotopic (exact) mass is 421 g/mol. The lowest BCUT2D eigenvalue weighted by atomic mass is 10.0. The third-order valence-corrected chi connectivity index (χ3v) is 5.53. The Morgan fingerprint density at radius 3 is 2.57 bits per heavy atom. The minimum atomic E-state index is -0.363. The number of furan rings is 1. The van der Waals surface area contributed by atoms with Gasteiger partial charge < -0.3 is 19.4 Å². The molecule has 2 atom stereocenters. The van der Waals surface area contributed by atoms with E-state index in [9.17, 15) is 4.79 Å². The summed E-state index contributed by atoms with van der Waals surface area (Å²) < 4.78 is 11.0. The molecule has 3 heterocycles. The maximum atomic E-state index is 11.7. The van der Waals surface area contributed by atoms with Crippen molar-refractivity contribution in [3.63, 3.8) is 0 Å². The molecule has 0 saturated carbocycles. The zero-order valence-corrected chi connectivity index (χ0v) is 17.8. The molecule has 4 rings (SSSR count). The van der Waals surface area contributed by atoms with E-state index >= 15 is 0 Å². The molecule has 1 fully saturated rings. The number of aromatic nitrogens is 1. The van der Waals surface area contributed by atoms with Crippen LogP contribution in [0.4, 0.5) is 0 Å². The number of pyridine rings is 1. The maximum Gasteiger partial charge on any atom is 0.337 e. The molecule has 0 radical (unpaired) electrons. The zero-order chi connectivity index (χ0) is 21.3. The Morgan fingerprint density at radius 2 is 1.93 bits per heavy atom. The molecule has 0 unspecified atom stereocenters. The smallest absolute Gasteiger partial charge is 0.337 e. The van der Waals surface area contributed by atoms with Crippen LogP contribution in [0.5, 0.6) is 0 Å². The van der Waals surface area contributed by atoms with Crippen LogP contribution in [-0.4, -0.2) is 34.1 Å². The van der Waals surface area contributed by atoms with E-state index in [1.54, 1.807) is 18.3 Å². The van der Waals surface area contributed by atoms with Gasteiger partial charge in [-0.3, -0.25) is 4.98 Å². The Kier molecular flexibility index (Phi) is 5.55. The molecule has 0 bridgehead atoms. The normalized spacial score (nSPS) is 18.5. The number of rotatable bonds is 5. The highest BCUT2D eigenvalue weighted by atomic mass is 32.1. The highest BCUT2D eigenvalue weighted by Crippen LogP contribution is 2.41. The van der Waals surface area contributed by atoms with E-state index in [0.717, 1.165) is 22.8 Å². The second-order valence-electron chi connectivity index (χ2n) is 7.40. The number of methoxy groups -OCH3 is 1. The quantitative estimate of drug-likeness (QED) is 0.480. The van der Waals surface area contributed by atoms with Crippen LogP contribution in [0.2, 0.25) is 0 Å². The largest absolute Gasteiger partial charge is 0.465 e. The molecule has 30 heavy (non-hydrogen) atoms. The Balaban J connectivity index is 1.68. The number of hydrogen-bond acceptors (Lipinski definition) is 5. The van der Waals surface area contributed by atoms with Gasteiger partial charge >= 0.3 is 5.97 Å². The molecule has 3 aromatic rings. The van der Waals surface area contributed by atoms with Crippen molar-refractivity contribution in [3.8, 4) is 11.3 Å². The first-order chi connectivity index (χ1) is 14.5. The van der Waals surface area contributed by atoms with Crippen molar-refractivity contribution >= 4 is 23.3 Å². The first-order valence-electron chi connectivity index (χ1n) is 9.78. The van der Waals surface area contributed by atoms with E-state index in [0.29, 0.717) is 10.7 Å². The molecular formula is C23H23N3O3S. The van der Waals surface area contributed by atoms with Crippen LogP contribution in [0.1, 0.15) is 47.7 Å². The number of benzene rings is 1. The zero-order valence-electron chi connectivity index (χ0n) is 17.0. The fraction of sp³-hybridized carbons (Fsp3) is 0.261. The molecule has 7 heteroatoms. The Morgan fingerprint density at radius 1 is 1.17 bits per heavy atom. The van der Waals surface area contributed by atoms with Gasteiger partial charge in [-0.05, 0) is 62.5 Å². The SMILES string of the molecule is COC(=O)c1ccc(-c2ccc([C@@H]3[C@H](c4ccccn4)NC(=S)N3C(C)C)o2)cc1. The third kappa shape index (κ3) is 3.68. The lowest BCUT2D eigenvalue weighted by molar-refractivity contribution is 0.0600. The fourth-order valence-electron chi connectivity index (χ4n) is 3.78. The first kappa shape index (κ1) is 20.1. The number of carbonyl (C=O) groups excluding carboxylic acids is 1. The Bertz CT molecular complexity index is 1050. The van der Waals surface area contributed by atoms with E-state index < -0.39 is 0 Å². The summed E-state index contributed by atoms with van der Waals surface area (Å²) in [7, 11) is 1.37. The molecule has 1 aliphatic heterocycles. The summed E-state index contributed by atoms with van der Waals surface area (Å²) in [6.45, 7) is 4.22. The lowest BCUT2D eigenvalue weighted by Crippen LogP contribution is -2.35. The average molecular weight is 422 g/mol. The Hall–Kier alpha value is -3.19. The molecule has 0 amide bonds. The minimum Gasteiger partial charge on any atom is -0.465 e. The number of nitrogens with one attached hydrogen (secondary N) is 1. The maximum absolute atomic E-state index is 11.7. The van der Waals surface area contributed by atoms with Crippen LogP contribution >= 0.6 is 12.2 Å². The van der Waals surface area contributed by atoms with Crippen LogP contribution in [-0.2, 0) is 4.74 Å². The molecule has 2 aromatic heterocycles.